The van der Waals surface area contributed by atoms with Gasteiger partial charge in [0.25, 0.3) is 5.91 Å². The maximum Gasteiger partial charge on any atom is 0.265 e. The molecule has 5 heteroatoms. The van der Waals surface area contributed by atoms with Crippen molar-refractivity contribution in [3.05, 3.63) is 65.8 Å². The third kappa shape index (κ3) is 3.56. The van der Waals surface area contributed by atoms with Crippen molar-refractivity contribution in [3.63, 3.8) is 0 Å². The van der Waals surface area contributed by atoms with E-state index < -0.39 is 6.04 Å². The van der Waals surface area contributed by atoms with Crippen LogP contribution >= 0.6 is 0 Å². The van der Waals surface area contributed by atoms with Gasteiger partial charge < -0.3 is 0 Å². The molecule has 0 saturated heterocycles. The number of benzene rings is 1. The molecule has 0 saturated carbocycles. The molecule has 0 spiro atoms. The van der Waals surface area contributed by atoms with Crippen LogP contribution in [0.25, 0.3) is 0 Å². The van der Waals surface area contributed by atoms with Gasteiger partial charge in [0.2, 0.25) is 0 Å². The number of likely N-dealkylation sites (N-methyl/N-ethyl adjacent to an activating group) is 1. The Kier molecular flexibility index (Phi) is 5.11. The van der Waals surface area contributed by atoms with Crippen molar-refractivity contribution in [3.8, 4) is 0 Å². The van der Waals surface area contributed by atoms with Crippen molar-refractivity contribution < 1.29 is 9.18 Å². The van der Waals surface area contributed by atoms with Crippen LogP contribution in [0.2, 0.25) is 0 Å². The highest BCUT2D eigenvalue weighted by molar-refractivity contribution is 5.85. The standard InChI is InChI=1S/C18H22FN3O/c1-6-16(14-7-9-15(19)10-8-14)17(21(4)5)18(23)22-13(3)11-12(2)20-22/h6-11,16-17H,1H2,2-5H3/t16-,17+/m0/s1. The lowest BCUT2D eigenvalue weighted by molar-refractivity contribution is 0.0752. The first kappa shape index (κ1) is 17.1. The molecule has 1 aromatic heterocycles. The highest BCUT2D eigenvalue weighted by atomic mass is 19.1. The minimum absolute atomic E-state index is 0.130. The molecule has 1 heterocycles. The summed E-state index contributed by atoms with van der Waals surface area (Å²) in [7, 11) is 3.68. The molecule has 0 N–H and O–H groups in total. The summed E-state index contributed by atoms with van der Waals surface area (Å²) in [6, 6.07) is 7.56. The highest BCUT2D eigenvalue weighted by Crippen LogP contribution is 2.25. The summed E-state index contributed by atoms with van der Waals surface area (Å²) in [6.45, 7) is 7.57. The van der Waals surface area contributed by atoms with Gasteiger partial charge in [-0.15, -0.1) is 6.58 Å². The monoisotopic (exact) mass is 315 g/mol. The van der Waals surface area contributed by atoms with Gasteiger partial charge in [-0.25, -0.2) is 9.07 Å². The SMILES string of the molecule is C=C[C@@H](c1ccc(F)cc1)[C@H](C(=O)n1nc(C)cc1C)N(C)C. The number of rotatable bonds is 5. The van der Waals surface area contributed by atoms with Crippen LogP contribution in [0.3, 0.4) is 0 Å². The Labute approximate surface area is 136 Å². The van der Waals surface area contributed by atoms with E-state index in [2.05, 4.69) is 11.7 Å². The van der Waals surface area contributed by atoms with Crippen LogP contribution in [0.15, 0.2) is 43.0 Å². The van der Waals surface area contributed by atoms with Gasteiger partial charge >= 0.3 is 0 Å². The Morgan fingerprint density at radius 1 is 1.30 bits per heavy atom. The summed E-state index contributed by atoms with van der Waals surface area (Å²) in [5, 5.41) is 4.28. The lowest BCUT2D eigenvalue weighted by Gasteiger charge is -2.29. The van der Waals surface area contributed by atoms with Gasteiger partial charge in [-0.05, 0) is 51.7 Å². The smallest absolute Gasteiger partial charge is 0.265 e. The van der Waals surface area contributed by atoms with Crippen molar-refractivity contribution in [2.24, 2.45) is 0 Å². The zero-order valence-corrected chi connectivity index (χ0v) is 14.0. The molecular weight excluding hydrogens is 293 g/mol. The van der Waals surface area contributed by atoms with Gasteiger partial charge in [0, 0.05) is 11.6 Å². The lowest BCUT2D eigenvalue weighted by Crippen LogP contribution is -2.43. The van der Waals surface area contributed by atoms with Gasteiger partial charge in [-0.1, -0.05) is 18.2 Å². The normalized spacial score (nSPS) is 13.8. The van der Waals surface area contributed by atoms with Crippen LogP contribution in [0.5, 0.6) is 0 Å². The second-order valence-corrected chi connectivity index (χ2v) is 5.90. The van der Waals surface area contributed by atoms with E-state index in [-0.39, 0.29) is 17.6 Å². The summed E-state index contributed by atoms with van der Waals surface area (Å²) < 4.78 is 14.6. The Balaban J connectivity index is 2.43. The summed E-state index contributed by atoms with van der Waals surface area (Å²) in [4.78, 5) is 14.8. The molecule has 2 aromatic rings. The van der Waals surface area contributed by atoms with E-state index in [0.717, 1.165) is 17.0 Å². The van der Waals surface area contributed by atoms with Crippen LogP contribution in [0.1, 0.15) is 27.7 Å². The average molecular weight is 315 g/mol. The van der Waals surface area contributed by atoms with Crippen molar-refractivity contribution in [1.29, 1.82) is 0 Å². The second kappa shape index (κ2) is 6.87. The first-order valence-corrected chi connectivity index (χ1v) is 7.47. The molecule has 23 heavy (non-hydrogen) atoms. The van der Waals surface area contributed by atoms with Gasteiger partial charge in [0.15, 0.2) is 0 Å². The molecule has 0 radical (unpaired) electrons. The fraction of sp³-hybridized carbons (Fsp3) is 0.333. The van der Waals surface area contributed by atoms with E-state index >= 15 is 0 Å². The molecule has 122 valence electrons. The molecule has 4 nitrogen and oxygen atoms in total. The molecule has 0 fully saturated rings. The number of carbonyl (C=O) groups excluding carboxylic acids is 1. The van der Waals surface area contributed by atoms with Crippen molar-refractivity contribution in [1.82, 2.24) is 14.7 Å². The highest BCUT2D eigenvalue weighted by Gasteiger charge is 2.31. The number of hydrogen-bond donors (Lipinski definition) is 0. The molecular formula is C18H22FN3O. The quantitative estimate of drug-likeness (QED) is 0.795. The average Bonchev–Trinajstić information content (AvgIpc) is 2.83. The second-order valence-electron chi connectivity index (χ2n) is 5.90. The first-order chi connectivity index (χ1) is 10.8. The molecule has 0 bridgehead atoms. The number of carbonyl (C=O) groups is 1. The summed E-state index contributed by atoms with van der Waals surface area (Å²) in [5.74, 6) is -0.695. The minimum atomic E-state index is -0.476. The van der Waals surface area contributed by atoms with Crippen LogP contribution in [-0.4, -0.2) is 40.7 Å². The van der Waals surface area contributed by atoms with Crippen LogP contribution in [0, 0.1) is 19.7 Å². The van der Waals surface area contributed by atoms with Crippen LogP contribution in [-0.2, 0) is 0 Å². The third-order valence-corrected chi connectivity index (χ3v) is 3.88. The largest absolute Gasteiger partial charge is 0.297 e. The lowest BCUT2D eigenvalue weighted by atomic mass is 9.90. The van der Waals surface area contributed by atoms with E-state index in [1.54, 1.807) is 18.2 Å². The maximum absolute atomic E-state index is 13.2. The minimum Gasteiger partial charge on any atom is -0.297 e. The number of aryl methyl sites for hydroxylation is 2. The van der Waals surface area contributed by atoms with E-state index in [1.807, 2.05) is 38.9 Å². The molecule has 0 aliphatic rings. The van der Waals surface area contributed by atoms with E-state index in [0.29, 0.717) is 0 Å². The maximum atomic E-state index is 13.2. The molecule has 0 unspecified atom stereocenters. The third-order valence-electron chi connectivity index (χ3n) is 3.88. The zero-order chi connectivity index (χ0) is 17.1. The van der Waals surface area contributed by atoms with Crippen LogP contribution < -0.4 is 0 Å². The van der Waals surface area contributed by atoms with Gasteiger partial charge in [0.05, 0.1) is 5.69 Å². The number of aromatic nitrogens is 2. The van der Waals surface area contributed by atoms with Crippen LogP contribution in [0.4, 0.5) is 4.39 Å². The molecule has 1 aromatic carbocycles. The zero-order valence-electron chi connectivity index (χ0n) is 14.0. The first-order valence-electron chi connectivity index (χ1n) is 7.47. The molecule has 0 aliphatic carbocycles. The topological polar surface area (TPSA) is 38.1 Å². The van der Waals surface area contributed by atoms with Crippen molar-refractivity contribution in [2.75, 3.05) is 14.1 Å². The summed E-state index contributed by atoms with van der Waals surface area (Å²) >= 11 is 0. The Morgan fingerprint density at radius 3 is 2.35 bits per heavy atom. The number of nitrogens with zero attached hydrogens (tertiary/aromatic N) is 3. The van der Waals surface area contributed by atoms with Gasteiger partial charge in [-0.2, -0.15) is 5.10 Å². The fourth-order valence-corrected chi connectivity index (χ4v) is 2.81. The Bertz CT molecular complexity index is 704. The van der Waals surface area contributed by atoms with E-state index in [1.165, 1.54) is 16.8 Å². The fourth-order valence-electron chi connectivity index (χ4n) is 2.81. The van der Waals surface area contributed by atoms with Gasteiger partial charge in [-0.3, -0.25) is 9.69 Å². The molecule has 2 rings (SSSR count). The van der Waals surface area contributed by atoms with Gasteiger partial charge in [0.1, 0.15) is 11.9 Å². The summed E-state index contributed by atoms with van der Waals surface area (Å²) in [5.41, 5.74) is 2.43. The molecule has 0 aliphatic heterocycles. The Morgan fingerprint density at radius 2 is 1.91 bits per heavy atom. The number of halogens is 1. The van der Waals surface area contributed by atoms with Crippen molar-refractivity contribution >= 4 is 5.91 Å². The van der Waals surface area contributed by atoms with Crippen molar-refractivity contribution in [2.45, 2.75) is 25.8 Å². The number of hydrogen-bond acceptors (Lipinski definition) is 3. The van der Waals surface area contributed by atoms with E-state index in [4.69, 9.17) is 0 Å². The predicted molar refractivity (Wildman–Crippen MR) is 89.1 cm³/mol. The molecule has 2 atom stereocenters. The van der Waals surface area contributed by atoms with E-state index in [9.17, 15) is 9.18 Å². The molecule has 0 amide bonds. The Hall–Kier alpha value is -2.27. The summed E-state index contributed by atoms with van der Waals surface area (Å²) in [6.07, 6.45) is 1.72. The predicted octanol–water partition coefficient (Wildman–Crippen LogP) is 3.18.